The maximum Gasteiger partial charge on any atom is 0.126 e. The number of hydrogen-bond donors (Lipinski definition) is 3. The van der Waals surface area contributed by atoms with Crippen molar-refractivity contribution in [2.45, 2.75) is 25.6 Å². The van der Waals surface area contributed by atoms with Crippen LogP contribution < -0.4 is 0 Å². The summed E-state index contributed by atoms with van der Waals surface area (Å²) in [4.78, 5) is 0. The van der Waals surface area contributed by atoms with E-state index in [2.05, 4.69) is 12.6 Å². The average Bonchev–Trinajstić information content (AvgIpc) is 2.21. The first kappa shape index (κ1) is 12.5. The Morgan fingerprint density at radius 2 is 2.07 bits per heavy atom. The standard InChI is InChI=1S/C11H15FO2S/c1-7-6-8(2-3-9(7)12)11(14)10(13)4-5-15/h2-3,6,10-11,13-15H,4-5H2,1H3. The smallest absolute Gasteiger partial charge is 0.126 e. The second kappa shape index (κ2) is 5.49. The first-order chi connectivity index (χ1) is 7.06. The van der Waals surface area contributed by atoms with Gasteiger partial charge < -0.3 is 10.2 Å². The van der Waals surface area contributed by atoms with Crippen LogP contribution in [0.5, 0.6) is 0 Å². The quantitative estimate of drug-likeness (QED) is 0.691. The summed E-state index contributed by atoms with van der Waals surface area (Å²) in [6.45, 7) is 1.62. The molecule has 2 unspecified atom stereocenters. The largest absolute Gasteiger partial charge is 0.390 e. The normalized spacial score (nSPS) is 15.0. The molecule has 0 heterocycles. The molecule has 2 N–H and O–H groups in total. The highest BCUT2D eigenvalue weighted by Crippen LogP contribution is 2.21. The summed E-state index contributed by atoms with van der Waals surface area (Å²) in [7, 11) is 0. The third-order valence-electron chi connectivity index (χ3n) is 2.31. The molecule has 4 heteroatoms. The summed E-state index contributed by atoms with van der Waals surface area (Å²) in [5, 5.41) is 19.3. The van der Waals surface area contributed by atoms with Crippen molar-refractivity contribution in [3.05, 3.63) is 35.1 Å². The molecule has 2 atom stereocenters. The minimum Gasteiger partial charge on any atom is -0.390 e. The fourth-order valence-electron chi connectivity index (χ4n) is 1.36. The lowest BCUT2D eigenvalue weighted by Crippen LogP contribution is -2.18. The average molecular weight is 230 g/mol. The molecule has 0 spiro atoms. The van der Waals surface area contributed by atoms with Gasteiger partial charge in [-0.3, -0.25) is 0 Å². The van der Waals surface area contributed by atoms with E-state index in [1.165, 1.54) is 12.1 Å². The Bertz CT molecular complexity index is 330. The second-order valence-electron chi connectivity index (χ2n) is 3.53. The summed E-state index contributed by atoms with van der Waals surface area (Å²) in [6.07, 6.45) is -1.43. The molecule has 0 radical (unpaired) electrons. The topological polar surface area (TPSA) is 40.5 Å². The van der Waals surface area contributed by atoms with E-state index in [0.29, 0.717) is 23.3 Å². The first-order valence-electron chi connectivity index (χ1n) is 4.79. The predicted octanol–water partition coefficient (Wildman–Crippen LogP) is 1.85. The molecule has 1 aromatic carbocycles. The minimum atomic E-state index is -0.976. The van der Waals surface area contributed by atoms with E-state index in [9.17, 15) is 14.6 Å². The van der Waals surface area contributed by atoms with Gasteiger partial charge in [0.25, 0.3) is 0 Å². The van der Waals surface area contributed by atoms with Gasteiger partial charge in [0.2, 0.25) is 0 Å². The van der Waals surface area contributed by atoms with Crippen LogP contribution in [0.1, 0.15) is 23.7 Å². The van der Waals surface area contributed by atoms with Crippen molar-refractivity contribution in [3.8, 4) is 0 Å². The van der Waals surface area contributed by atoms with Gasteiger partial charge in [0.1, 0.15) is 11.9 Å². The number of halogens is 1. The van der Waals surface area contributed by atoms with Crippen LogP contribution in [0.15, 0.2) is 18.2 Å². The minimum absolute atomic E-state index is 0.311. The molecule has 0 aliphatic heterocycles. The van der Waals surface area contributed by atoms with Gasteiger partial charge in [0, 0.05) is 0 Å². The zero-order valence-corrected chi connectivity index (χ0v) is 9.41. The number of hydrogen-bond acceptors (Lipinski definition) is 3. The van der Waals surface area contributed by atoms with E-state index in [4.69, 9.17) is 0 Å². The maximum atomic E-state index is 13.0. The Hall–Kier alpha value is -0.580. The molecule has 0 saturated carbocycles. The van der Waals surface area contributed by atoms with Crippen molar-refractivity contribution in [1.82, 2.24) is 0 Å². The van der Waals surface area contributed by atoms with Crippen LogP contribution in [0.4, 0.5) is 4.39 Å². The van der Waals surface area contributed by atoms with Gasteiger partial charge in [-0.15, -0.1) is 0 Å². The summed E-state index contributed by atoms with van der Waals surface area (Å²) in [5.41, 5.74) is 0.993. The van der Waals surface area contributed by atoms with Crippen molar-refractivity contribution in [1.29, 1.82) is 0 Å². The van der Waals surface area contributed by atoms with Crippen molar-refractivity contribution in [3.63, 3.8) is 0 Å². The van der Waals surface area contributed by atoms with Crippen LogP contribution >= 0.6 is 12.6 Å². The first-order valence-corrected chi connectivity index (χ1v) is 5.42. The summed E-state index contributed by atoms with van der Waals surface area (Å²) >= 11 is 3.97. The Morgan fingerprint density at radius 1 is 1.40 bits per heavy atom. The van der Waals surface area contributed by atoms with E-state index in [1.54, 1.807) is 13.0 Å². The van der Waals surface area contributed by atoms with Gasteiger partial charge >= 0.3 is 0 Å². The Morgan fingerprint density at radius 3 is 2.60 bits per heavy atom. The van der Waals surface area contributed by atoms with Gasteiger partial charge in [-0.25, -0.2) is 4.39 Å². The molecule has 0 aromatic heterocycles. The van der Waals surface area contributed by atoms with Gasteiger partial charge in [0.05, 0.1) is 6.10 Å². The van der Waals surface area contributed by atoms with Crippen LogP contribution in [0.25, 0.3) is 0 Å². The highest BCUT2D eigenvalue weighted by Gasteiger charge is 2.17. The highest BCUT2D eigenvalue weighted by molar-refractivity contribution is 7.80. The molecule has 1 aromatic rings. The van der Waals surface area contributed by atoms with Crippen LogP contribution in [-0.2, 0) is 0 Å². The number of aryl methyl sites for hydroxylation is 1. The third-order valence-corrected chi connectivity index (χ3v) is 2.57. The lowest BCUT2D eigenvalue weighted by atomic mass is 10.0. The number of thiol groups is 1. The second-order valence-corrected chi connectivity index (χ2v) is 3.98. The van der Waals surface area contributed by atoms with E-state index < -0.39 is 12.2 Å². The van der Waals surface area contributed by atoms with Crippen LogP contribution in [0.2, 0.25) is 0 Å². The van der Waals surface area contributed by atoms with Crippen molar-refractivity contribution < 1.29 is 14.6 Å². The zero-order chi connectivity index (χ0) is 11.4. The molecule has 1 rings (SSSR count). The fourth-order valence-corrected chi connectivity index (χ4v) is 1.63. The summed E-state index contributed by atoms with van der Waals surface area (Å²) in [5.74, 6) is 0.188. The Kier molecular flexibility index (Phi) is 4.57. The van der Waals surface area contributed by atoms with Crippen molar-refractivity contribution in [2.75, 3.05) is 5.75 Å². The van der Waals surface area contributed by atoms with Crippen molar-refractivity contribution in [2.24, 2.45) is 0 Å². The maximum absolute atomic E-state index is 13.0. The van der Waals surface area contributed by atoms with Gasteiger partial charge in [-0.05, 0) is 36.3 Å². The molecular formula is C11H15FO2S. The molecule has 15 heavy (non-hydrogen) atoms. The monoisotopic (exact) mass is 230 g/mol. The molecule has 0 aliphatic carbocycles. The SMILES string of the molecule is Cc1cc(C(O)C(O)CCS)ccc1F. The molecule has 0 bridgehead atoms. The van der Waals surface area contributed by atoms with Crippen LogP contribution in [-0.4, -0.2) is 22.1 Å². The van der Waals surface area contributed by atoms with Gasteiger partial charge in [0.15, 0.2) is 0 Å². The third kappa shape index (κ3) is 3.19. The van der Waals surface area contributed by atoms with E-state index >= 15 is 0 Å². The predicted molar refractivity (Wildman–Crippen MR) is 60.6 cm³/mol. The van der Waals surface area contributed by atoms with Gasteiger partial charge in [-0.2, -0.15) is 12.6 Å². The number of aliphatic hydroxyl groups excluding tert-OH is 2. The zero-order valence-electron chi connectivity index (χ0n) is 8.52. The number of aliphatic hydroxyl groups is 2. The van der Waals surface area contributed by atoms with E-state index in [0.717, 1.165) is 0 Å². The highest BCUT2D eigenvalue weighted by atomic mass is 32.1. The molecular weight excluding hydrogens is 215 g/mol. The fraction of sp³-hybridized carbons (Fsp3) is 0.455. The number of benzene rings is 1. The molecule has 0 aliphatic rings. The molecule has 2 nitrogen and oxygen atoms in total. The van der Waals surface area contributed by atoms with E-state index in [-0.39, 0.29) is 5.82 Å². The molecule has 0 fully saturated rings. The Labute approximate surface area is 94.2 Å². The van der Waals surface area contributed by atoms with Gasteiger partial charge in [-0.1, -0.05) is 12.1 Å². The molecule has 0 saturated heterocycles. The lowest BCUT2D eigenvalue weighted by molar-refractivity contribution is 0.0172. The van der Waals surface area contributed by atoms with Crippen LogP contribution in [0.3, 0.4) is 0 Å². The van der Waals surface area contributed by atoms with Crippen molar-refractivity contribution >= 4 is 12.6 Å². The van der Waals surface area contributed by atoms with Crippen LogP contribution in [0, 0.1) is 12.7 Å². The molecule has 84 valence electrons. The number of rotatable bonds is 4. The summed E-state index contributed by atoms with van der Waals surface area (Å²) in [6, 6.07) is 4.32. The van der Waals surface area contributed by atoms with E-state index in [1.807, 2.05) is 0 Å². The molecule has 0 amide bonds. The Balaban J connectivity index is 2.81. The lowest BCUT2D eigenvalue weighted by Gasteiger charge is -2.17. The summed E-state index contributed by atoms with van der Waals surface area (Å²) < 4.78 is 13.0.